The number of hydrogen-bond acceptors (Lipinski definition) is 10. The number of nitrogens with one attached hydrogen (secondary N) is 1. The maximum atomic E-state index is 13.1. The van der Waals surface area contributed by atoms with Crippen LogP contribution in [0.1, 0.15) is 24.2 Å². The topological polar surface area (TPSA) is 120 Å². The van der Waals surface area contributed by atoms with E-state index in [1.54, 1.807) is 34.1 Å². The van der Waals surface area contributed by atoms with E-state index in [1.165, 1.54) is 6.20 Å². The second-order valence-electron chi connectivity index (χ2n) is 10.4. The fraction of sp³-hybridized carbons (Fsp3) is 0.367. The summed E-state index contributed by atoms with van der Waals surface area (Å²) < 4.78 is 18.8. The summed E-state index contributed by atoms with van der Waals surface area (Å²) >= 11 is 0. The number of nitrogens with two attached hydrogens (primary N) is 1. The van der Waals surface area contributed by atoms with Gasteiger partial charge in [-0.05, 0) is 52.2 Å². The molecule has 4 aromatic rings. The van der Waals surface area contributed by atoms with Crippen LogP contribution in [0, 0.1) is 0 Å². The monoisotopic (exact) mass is 561 g/mol. The SMILES string of the molecule is COc1cc(N(C)CCN(C)C)c(N)cc1Nc1ncc(C(=O)OC(C)C)c(-c2ccc(OC)c3c2ccn3C)n1. The highest BCUT2D eigenvalue weighted by Crippen LogP contribution is 2.38. The largest absolute Gasteiger partial charge is 0.495 e. The normalized spacial score (nSPS) is 11.3. The average molecular weight is 562 g/mol. The molecule has 3 N–H and O–H groups in total. The number of likely N-dealkylation sites (N-methyl/N-ethyl adjacent to an activating group) is 2. The minimum atomic E-state index is -0.506. The van der Waals surface area contributed by atoms with Gasteiger partial charge < -0.3 is 39.6 Å². The summed E-state index contributed by atoms with van der Waals surface area (Å²) in [5, 5.41) is 4.11. The first-order valence-electron chi connectivity index (χ1n) is 13.3. The lowest BCUT2D eigenvalue weighted by molar-refractivity contribution is 0.0378. The van der Waals surface area contributed by atoms with Crippen molar-refractivity contribution in [3.05, 3.63) is 48.3 Å². The number of ether oxygens (including phenoxy) is 3. The van der Waals surface area contributed by atoms with Gasteiger partial charge in [-0.15, -0.1) is 0 Å². The van der Waals surface area contributed by atoms with Gasteiger partial charge >= 0.3 is 5.97 Å². The number of fused-ring (bicyclic) bond motifs is 1. The molecule has 2 heterocycles. The van der Waals surface area contributed by atoms with Crippen molar-refractivity contribution in [2.24, 2.45) is 7.05 Å². The lowest BCUT2D eigenvalue weighted by atomic mass is 10.0. The molecular weight excluding hydrogens is 522 g/mol. The van der Waals surface area contributed by atoms with E-state index < -0.39 is 5.97 Å². The highest BCUT2D eigenvalue weighted by Gasteiger charge is 2.23. The quantitative estimate of drug-likeness (QED) is 0.199. The van der Waals surface area contributed by atoms with E-state index in [4.69, 9.17) is 24.9 Å². The Labute approximate surface area is 240 Å². The van der Waals surface area contributed by atoms with Crippen LogP contribution in [-0.4, -0.2) is 80.0 Å². The van der Waals surface area contributed by atoms with E-state index in [2.05, 4.69) is 20.1 Å². The Balaban J connectivity index is 1.79. The van der Waals surface area contributed by atoms with E-state index in [9.17, 15) is 4.79 Å². The van der Waals surface area contributed by atoms with Crippen molar-refractivity contribution in [1.29, 1.82) is 0 Å². The van der Waals surface area contributed by atoms with Crippen LogP contribution in [-0.2, 0) is 11.8 Å². The molecule has 2 aromatic heterocycles. The molecule has 0 spiro atoms. The molecule has 11 heteroatoms. The van der Waals surface area contributed by atoms with E-state index in [0.717, 1.165) is 35.2 Å². The Morgan fingerprint density at radius 3 is 2.46 bits per heavy atom. The number of aromatic nitrogens is 3. The number of anilines is 4. The highest BCUT2D eigenvalue weighted by atomic mass is 16.5. The van der Waals surface area contributed by atoms with Gasteiger partial charge in [-0.1, -0.05) is 0 Å². The van der Waals surface area contributed by atoms with Crippen LogP contribution in [0.4, 0.5) is 23.0 Å². The predicted octanol–water partition coefficient (Wildman–Crippen LogP) is 4.54. The fourth-order valence-electron chi connectivity index (χ4n) is 4.60. The molecular formula is C30H39N7O4. The number of rotatable bonds is 11. The Bertz CT molecular complexity index is 1550. The molecule has 0 amide bonds. The zero-order valence-corrected chi connectivity index (χ0v) is 25.0. The summed E-state index contributed by atoms with van der Waals surface area (Å²) in [6, 6.07) is 9.40. The summed E-state index contributed by atoms with van der Waals surface area (Å²) in [5.74, 6) is 1.06. The molecule has 0 saturated heterocycles. The molecule has 0 aliphatic rings. The minimum Gasteiger partial charge on any atom is -0.495 e. The van der Waals surface area contributed by atoms with Gasteiger partial charge in [-0.3, -0.25) is 0 Å². The van der Waals surface area contributed by atoms with Gasteiger partial charge in [-0.2, -0.15) is 0 Å². The van der Waals surface area contributed by atoms with E-state index in [0.29, 0.717) is 28.6 Å². The predicted molar refractivity (Wildman–Crippen MR) is 164 cm³/mol. The van der Waals surface area contributed by atoms with Crippen molar-refractivity contribution in [3.8, 4) is 22.8 Å². The number of aryl methyl sites for hydroxylation is 1. The zero-order valence-electron chi connectivity index (χ0n) is 25.0. The number of esters is 1. The molecule has 0 radical (unpaired) electrons. The number of methoxy groups -OCH3 is 2. The van der Waals surface area contributed by atoms with Crippen LogP contribution in [0.2, 0.25) is 0 Å². The first-order chi connectivity index (χ1) is 19.5. The fourth-order valence-corrected chi connectivity index (χ4v) is 4.60. The van der Waals surface area contributed by atoms with Gasteiger partial charge in [0, 0.05) is 56.6 Å². The van der Waals surface area contributed by atoms with E-state index in [-0.39, 0.29) is 17.6 Å². The summed E-state index contributed by atoms with van der Waals surface area (Å²) in [4.78, 5) is 26.6. The zero-order chi connectivity index (χ0) is 29.8. The third kappa shape index (κ3) is 6.30. The molecule has 11 nitrogen and oxygen atoms in total. The van der Waals surface area contributed by atoms with Crippen molar-refractivity contribution in [2.45, 2.75) is 20.0 Å². The van der Waals surface area contributed by atoms with Crippen LogP contribution in [0.5, 0.6) is 11.5 Å². The maximum absolute atomic E-state index is 13.1. The molecule has 218 valence electrons. The van der Waals surface area contributed by atoms with Crippen LogP contribution in [0.25, 0.3) is 22.2 Å². The Morgan fingerprint density at radius 2 is 1.80 bits per heavy atom. The van der Waals surface area contributed by atoms with Crippen molar-refractivity contribution in [1.82, 2.24) is 19.4 Å². The first-order valence-corrected chi connectivity index (χ1v) is 13.3. The van der Waals surface area contributed by atoms with E-state index in [1.807, 2.05) is 63.2 Å². The van der Waals surface area contributed by atoms with Crippen molar-refractivity contribution >= 4 is 39.9 Å². The van der Waals surface area contributed by atoms with Gasteiger partial charge in [0.15, 0.2) is 0 Å². The van der Waals surface area contributed by atoms with Gasteiger partial charge in [0.2, 0.25) is 5.95 Å². The number of hydrogen-bond donors (Lipinski definition) is 2. The Morgan fingerprint density at radius 1 is 1.07 bits per heavy atom. The van der Waals surface area contributed by atoms with Gasteiger partial charge in [0.25, 0.3) is 0 Å². The number of nitrogens with zero attached hydrogens (tertiary/aromatic N) is 5. The maximum Gasteiger partial charge on any atom is 0.342 e. The van der Waals surface area contributed by atoms with Crippen LogP contribution in [0.15, 0.2) is 42.7 Å². The summed E-state index contributed by atoms with van der Waals surface area (Å²) in [6.45, 7) is 5.27. The number of benzene rings is 2. The second-order valence-corrected chi connectivity index (χ2v) is 10.4. The molecule has 0 unspecified atom stereocenters. The van der Waals surface area contributed by atoms with Gasteiger partial charge in [0.1, 0.15) is 17.1 Å². The smallest absolute Gasteiger partial charge is 0.342 e. The molecule has 4 rings (SSSR count). The second kappa shape index (κ2) is 12.3. The first kappa shape index (κ1) is 29.5. The van der Waals surface area contributed by atoms with Crippen molar-refractivity contribution in [3.63, 3.8) is 0 Å². The van der Waals surface area contributed by atoms with Gasteiger partial charge in [0.05, 0.1) is 48.6 Å². The molecule has 0 saturated carbocycles. The summed E-state index contributed by atoms with van der Waals surface area (Å²) in [5.41, 5.74) is 10.8. The van der Waals surface area contributed by atoms with Crippen molar-refractivity contribution < 1.29 is 19.0 Å². The molecule has 41 heavy (non-hydrogen) atoms. The average Bonchev–Trinajstić information content (AvgIpc) is 3.32. The summed E-state index contributed by atoms with van der Waals surface area (Å²) in [7, 11) is 11.2. The highest BCUT2D eigenvalue weighted by molar-refractivity contribution is 6.04. The Hall–Kier alpha value is -4.51. The lowest BCUT2D eigenvalue weighted by Crippen LogP contribution is -2.29. The van der Waals surface area contributed by atoms with Crippen LogP contribution < -0.4 is 25.4 Å². The van der Waals surface area contributed by atoms with Crippen molar-refractivity contribution in [2.75, 3.05) is 64.4 Å². The standard InChI is InChI=1S/C30H39N7O4/c1-18(2)41-29(38)21-17-32-30(34-27(21)19-9-10-25(39-7)28-20(19)11-12-37(28)6)33-23-15-22(31)24(16-26(23)40-8)36(5)14-13-35(3)4/h9-12,15-18H,13-14,31H2,1-8H3,(H,32,33,34). The minimum absolute atomic E-state index is 0.254. The Kier molecular flexibility index (Phi) is 8.87. The van der Waals surface area contributed by atoms with Gasteiger partial charge in [-0.25, -0.2) is 14.8 Å². The molecule has 0 bridgehead atoms. The molecule has 2 aromatic carbocycles. The van der Waals surface area contributed by atoms with E-state index >= 15 is 0 Å². The summed E-state index contributed by atoms with van der Waals surface area (Å²) in [6.07, 6.45) is 3.11. The molecule has 0 aliphatic carbocycles. The third-order valence-electron chi connectivity index (χ3n) is 6.71. The lowest BCUT2D eigenvalue weighted by Gasteiger charge is -2.24. The number of carbonyl (C=O) groups excluding carboxylic acids is 1. The number of carbonyl (C=O) groups is 1. The third-order valence-corrected chi connectivity index (χ3v) is 6.71. The molecule has 0 atom stereocenters. The van der Waals surface area contributed by atoms with Crippen LogP contribution >= 0.6 is 0 Å². The van der Waals surface area contributed by atoms with Crippen LogP contribution in [0.3, 0.4) is 0 Å². The number of nitrogen functional groups attached to an aromatic ring is 1. The molecule has 0 aliphatic heterocycles. The molecule has 0 fully saturated rings.